The first-order valence-corrected chi connectivity index (χ1v) is 9.93. The molecule has 0 saturated carbocycles. The zero-order chi connectivity index (χ0) is 22.4. The van der Waals surface area contributed by atoms with E-state index in [1.807, 2.05) is 54.8 Å². The highest BCUT2D eigenvalue weighted by Gasteiger charge is 2.20. The minimum absolute atomic E-state index is 0.171. The number of benzene rings is 1. The van der Waals surface area contributed by atoms with E-state index < -0.39 is 12.6 Å². The van der Waals surface area contributed by atoms with Gasteiger partial charge in [-0.2, -0.15) is 5.26 Å². The van der Waals surface area contributed by atoms with Gasteiger partial charge in [0.1, 0.15) is 17.4 Å². The predicted octanol–water partition coefficient (Wildman–Crippen LogP) is 2.41. The molecule has 2 aromatic rings. The highest BCUT2D eigenvalue weighted by molar-refractivity contribution is 5.99. The highest BCUT2D eigenvalue weighted by Crippen LogP contribution is 2.28. The number of morpholine rings is 1. The second kappa shape index (κ2) is 9.96. The fourth-order valence-corrected chi connectivity index (χ4v) is 3.52. The molecule has 0 aliphatic carbocycles. The van der Waals surface area contributed by atoms with Crippen LogP contribution in [0.2, 0.25) is 0 Å². The number of hydrogen-bond donors (Lipinski definition) is 0. The summed E-state index contributed by atoms with van der Waals surface area (Å²) in [4.78, 5) is 26.1. The molecule has 8 heteroatoms. The largest absolute Gasteiger partial charge is 0.495 e. The molecule has 0 radical (unpaired) electrons. The maximum Gasteiger partial charge on any atom is 0.349 e. The van der Waals surface area contributed by atoms with Crippen molar-refractivity contribution in [2.45, 2.75) is 13.8 Å². The molecule has 0 N–H and O–H groups in total. The summed E-state index contributed by atoms with van der Waals surface area (Å²) in [5, 5.41) is 9.48. The van der Waals surface area contributed by atoms with Gasteiger partial charge >= 0.3 is 5.97 Å². The number of carbonyl (C=O) groups excluding carboxylic acids is 2. The predicted molar refractivity (Wildman–Crippen MR) is 114 cm³/mol. The zero-order valence-electron chi connectivity index (χ0n) is 17.9. The molecule has 1 aromatic carbocycles. The van der Waals surface area contributed by atoms with Gasteiger partial charge in [0.05, 0.1) is 26.0 Å². The van der Waals surface area contributed by atoms with Gasteiger partial charge in [0.25, 0.3) is 5.91 Å². The maximum atomic E-state index is 12.4. The Bertz CT molecular complexity index is 1040. The molecule has 0 spiro atoms. The monoisotopic (exact) mass is 423 g/mol. The Labute approximate surface area is 181 Å². The van der Waals surface area contributed by atoms with Crippen LogP contribution in [-0.2, 0) is 19.1 Å². The second-order valence-corrected chi connectivity index (χ2v) is 7.07. The number of esters is 1. The first kappa shape index (κ1) is 22.1. The van der Waals surface area contributed by atoms with Crippen molar-refractivity contribution in [3.63, 3.8) is 0 Å². The number of nitriles is 1. The quantitative estimate of drug-likeness (QED) is 0.402. The Hall–Kier alpha value is -3.57. The van der Waals surface area contributed by atoms with E-state index in [-0.39, 0.29) is 11.5 Å². The van der Waals surface area contributed by atoms with Gasteiger partial charge < -0.3 is 23.7 Å². The molecule has 1 aromatic heterocycles. The van der Waals surface area contributed by atoms with E-state index in [9.17, 15) is 14.9 Å². The van der Waals surface area contributed by atoms with Crippen LogP contribution in [0.3, 0.4) is 0 Å². The number of hydrogen-bond acceptors (Lipinski definition) is 6. The van der Waals surface area contributed by atoms with Crippen LogP contribution < -0.4 is 4.74 Å². The van der Waals surface area contributed by atoms with Crippen LogP contribution in [0.4, 0.5) is 0 Å². The lowest BCUT2D eigenvalue weighted by molar-refractivity contribution is -0.150. The van der Waals surface area contributed by atoms with Crippen molar-refractivity contribution in [3.8, 4) is 17.5 Å². The Balaban J connectivity index is 1.78. The Kier molecular flexibility index (Phi) is 7.11. The summed E-state index contributed by atoms with van der Waals surface area (Å²) in [6.07, 6.45) is 1.48. The molecule has 31 heavy (non-hydrogen) atoms. The number of rotatable bonds is 6. The molecular formula is C23H25N3O5. The maximum absolute atomic E-state index is 12.4. The fourth-order valence-electron chi connectivity index (χ4n) is 3.52. The van der Waals surface area contributed by atoms with E-state index in [0.717, 1.165) is 17.1 Å². The lowest BCUT2D eigenvalue weighted by Crippen LogP contribution is -2.42. The number of aryl methyl sites for hydroxylation is 1. The molecule has 1 aliphatic heterocycles. The third kappa shape index (κ3) is 4.95. The molecule has 2 heterocycles. The Morgan fingerprint density at radius 2 is 1.94 bits per heavy atom. The molecule has 1 aliphatic rings. The van der Waals surface area contributed by atoms with Crippen LogP contribution in [0, 0.1) is 25.2 Å². The summed E-state index contributed by atoms with van der Waals surface area (Å²) in [6.45, 7) is 5.28. The zero-order valence-corrected chi connectivity index (χ0v) is 17.9. The van der Waals surface area contributed by atoms with Gasteiger partial charge in [-0.15, -0.1) is 0 Å². The van der Waals surface area contributed by atoms with Gasteiger partial charge in [0.15, 0.2) is 6.61 Å². The van der Waals surface area contributed by atoms with E-state index in [2.05, 4.69) is 0 Å². The van der Waals surface area contributed by atoms with Gasteiger partial charge in [-0.1, -0.05) is 12.1 Å². The molecule has 8 nitrogen and oxygen atoms in total. The molecule has 0 bridgehead atoms. The summed E-state index contributed by atoms with van der Waals surface area (Å²) in [5.74, 6) is -0.420. The van der Waals surface area contributed by atoms with Crippen LogP contribution in [0.15, 0.2) is 35.9 Å². The van der Waals surface area contributed by atoms with Crippen molar-refractivity contribution in [1.82, 2.24) is 9.47 Å². The van der Waals surface area contributed by atoms with Crippen LogP contribution in [-0.4, -0.2) is 61.4 Å². The SMILES string of the molecule is COc1ccccc1-n1c(C)cc(/C=C(\C#N)C(=O)OCC(=O)N2CCOCC2)c1C. The summed E-state index contributed by atoms with van der Waals surface area (Å²) in [7, 11) is 1.61. The van der Waals surface area contributed by atoms with Gasteiger partial charge in [-0.3, -0.25) is 4.79 Å². The third-order valence-corrected chi connectivity index (χ3v) is 5.13. The van der Waals surface area contributed by atoms with Crippen molar-refractivity contribution in [2.24, 2.45) is 0 Å². The molecule has 1 saturated heterocycles. The number of amides is 1. The normalized spacial score (nSPS) is 14.1. The lowest BCUT2D eigenvalue weighted by Gasteiger charge is -2.26. The van der Waals surface area contributed by atoms with Crippen molar-refractivity contribution in [1.29, 1.82) is 5.26 Å². The molecule has 3 rings (SSSR count). The average molecular weight is 423 g/mol. The van der Waals surface area contributed by atoms with E-state index in [1.54, 1.807) is 12.0 Å². The molecular weight excluding hydrogens is 398 g/mol. The number of aromatic nitrogens is 1. The van der Waals surface area contributed by atoms with Crippen LogP contribution in [0.5, 0.6) is 5.75 Å². The van der Waals surface area contributed by atoms with Crippen molar-refractivity contribution >= 4 is 18.0 Å². The topological polar surface area (TPSA) is 93.8 Å². The average Bonchev–Trinajstić information content (AvgIpc) is 3.08. The molecule has 162 valence electrons. The van der Waals surface area contributed by atoms with Crippen molar-refractivity contribution in [3.05, 3.63) is 52.9 Å². The van der Waals surface area contributed by atoms with Crippen molar-refractivity contribution in [2.75, 3.05) is 40.0 Å². The third-order valence-electron chi connectivity index (χ3n) is 5.13. The lowest BCUT2D eigenvalue weighted by atomic mass is 10.1. The van der Waals surface area contributed by atoms with Gasteiger partial charge in [-0.05, 0) is 43.7 Å². The summed E-state index contributed by atoms with van der Waals surface area (Å²) < 4.78 is 17.7. The Morgan fingerprint density at radius 3 is 2.61 bits per heavy atom. The molecule has 0 atom stereocenters. The number of para-hydroxylation sites is 2. The van der Waals surface area contributed by atoms with Crippen molar-refractivity contribution < 1.29 is 23.8 Å². The standard InChI is InChI=1S/C23H25N3O5/c1-16-12-18(17(2)26(16)20-6-4-5-7-21(20)29-3)13-19(14-24)23(28)31-15-22(27)25-8-10-30-11-9-25/h4-7,12-13H,8-11,15H2,1-3H3/b19-13+. The van der Waals surface area contributed by atoms with Crippen LogP contribution >= 0.6 is 0 Å². The van der Waals surface area contributed by atoms with Gasteiger partial charge in [0, 0.05) is 24.5 Å². The second-order valence-electron chi connectivity index (χ2n) is 7.07. The number of ether oxygens (including phenoxy) is 3. The van der Waals surface area contributed by atoms with Crippen LogP contribution in [0.25, 0.3) is 11.8 Å². The van der Waals surface area contributed by atoms with E-state index in [1.165, 1.54) is 6.08 Å². The van der Waals surface area contributed by atoms with Gasteiger partial charge in [-0.25, -0.2) is 4.79 Å². The first-order chi connectivity index (χ1) is 15.0. The molecule has 1 fully saturated rings. The first-order valence-electron chi connectivity index (χ1n) is 9.93. The smallest absolute Gasteiger partial charge is 0.349 e. The minimum atomic E-state index is -0.828. The number of carbonyl (C=O) groups is 2. The van der Waals surface area contributed by atoms with Crippen LogP contribution in [0.1, 0.15) is 17.0 Å². The molecule has 1 amide bonds. The van der Waals surface area contributed by atoms with E-state index in [0.29, 0.717) is 37.6 Å². The Morgan fingerprint density at radius 1 is 1.23 bits per heavy atom. The molecule has 0 unspecified atom stereocenters. The number of nitrogens with zero attached hydrogens (tertiary/aromatic N) is 3. The summed E-state index contributed by atoms with van der Waals surface area (Å²) >= 11 is 0. The number of methoxy groups -OCH3 is 1. The highest BCUT2D eigenvalue weighted by atomic mass is 16.5. The van der Waals surface area contributed by atoms with Gasteiger partial charge in [0.2, 0.25) is 0 Å². The summed E-state index contributed by atoms with van der Waals surface area (Å²) in [5.41, 5.74) is 3.15. The fraction of sp³-hybridized carbons (Fsp3) is 0.348. The van der Waals surface area contributed by atoms with E-state index >= 15 is 0 Å². The summed E-state index contributed by atoms with van der Waals surface area (Å²) in [6, 6.07) is 11.4. The minimum Gasteiger partial charge on any atom is -0.495 e. The van der Waals surface area contributed by atoms with E-state index in [4.69, 9.17) is 14.2 Å².